The number of carboxylic acid groups (broad SMARTS) is 1. The van der Waals surface area contributed by atoms with Crippen LogP contribution in [0.25, 0.3) is 0 Å². The van der Waals surface area contributed by atoms with Crippen molar-refractivity contribution in [2.45, 2.75) is 67.5 Å². The Morgan fingerprint density at radius 1 is 1.43 bits per heavy atom. The molecule has 0 bridgehead atoms. The van der Waals surface area contributed by atoms with E-state index in [0.717, 1.165) is 6.42 Å². The lowest BCUT2D eigenvalue weighted by atomic mass is 9.67. The summed E-state index contributed by atoms with van der Waals surface area (Å²) >= 11 is 1.94. The number of rotatable bonds is 6. The van der Waals surface area contributed by atoms with Gasteiger partial charge < -0.3 is 19.0 Å². The summed E-state index contributed by atoms with van der Waals surface area (Å²) in [6.07, 6.45) is 0.774. The summed E-state index contributed by atoms with van der Waals surface area (Å²) in [4.78, 5) is 27.1. The molecule has 0 aromatic carbocycles. The number of fused-ring (bicyclic) bond motifs is 1. The fourth-order valence-electron chi connectivity index (χ4n) is 4.23. The van der Waals surface area contributed by atoms with E-state index < -0.39 is 35.9 Å². The third kappa shape index (κ3) is 3.77. The molecule has 0 aliphatic carbocycles. The van der Waals surface area contributed by atoms with Crippen molar-refractivity contribution in [1.82, 2.24) is 4.90 Å². The Labute approximate surface area is 180 Å². The quantitative estimate of drug-likeness (QED) is 0.366. The van der Waals surface area contributed by atoms with Crippen LogP contribution in [-0.4, -0.2) is 73.8 Å². The zero-order chi connectivity index (χ0) is 21.1. The van der Waals surface area contributed by atoms with Crippen LogP contribution in [0, 0.1) is 11.3 Å². The molecule has 0 aromatic heterocycles. The van der Waals surface area contributed by atoms with E-state index in [1.165, 1.54) is 23.5 Å². The van der Waals surface area contributed by atoms with E-state index in [0.29, 0.717) is 11.5 Å². The normalized spacial score (nSPS) is 37.7. The second kappa shape index (κ2) is 7.67. The molecule has 3 heterocycles. The highest BCUT2D eigenvalue weighted by Crippen LogP contribution is 2.60. The summed E-state index contributed by atoms with van der Waals surface area (Å²) < 4.78 is 17.1. The molecule has 6 atom stereocenters. The van der Waals surface area contributed by atoms with Crippen LogP contribution in [0.5, 0.6) is 0 Å². The van der Waals surface area contributed by atoms with Gasteiger partial charge in [-0.05, 0) is 25.4 Å². The van der Waals surface area contributed by atoms with E-state index in [9.17, 15) is 19.2 Å². The highest BCUT2D eigenvalue weighted by molar-refractivity contribution is 8.20. The summed E-state index contributed by atoms with van der Waals surface area (Å²) in [6, 6.07) is 0. The standard InChI is InChI=1S/C18H31NO5S3Si/c1-16(2,3)17(4,24-28(5)6)12-13(20)19-10-18(15(21)22,26-14(12)19)25-11-7-8-27(23)9-11/h11-12,14,28H,7-10H2,1-6H3,(H,21,22)/t11?,12-,14+,17+,18?,27?/m0/s1. The number of aliphatic carboxylic acids is 1. The van der Waals surface area contributed by atoms with Crippen molar-refractivity contribution in [2.24, 2.45) is 11.3 Å². The van der Waals surface area contributed by atoms with Crippen molar-refractivity contribution in [2.75, 3.05) is 18.1 Å². The van der Waals surface area contributed by atoms with Gasteiger partial charge in [0.25, 0.3) is 0 Å². The van der Waals surface area contributed by atoms with E-state index in [1.54, 1.807) is 4.90 Å². The number of thioether (sulfide) groups is 2. The molecule has 3 unspecified atom stereocenters. The van der Waals surface area contributed by atoms with Crippen LogP contribution in [0.4, 0.5) is 0 Å². The van der Waals surface area contributed by atoms with Crippen molar-refractivity contribution >= 4 is 55.6 Å². The molecule has 3 aliphatic heterocycles. The number of hydrogen-bond donors (Lipinski definition) is 1. The molecule has 3 saturated heterocycles. The average molecular weight is 466 g/mol. The second-order valence-electron chi connectivity index (χ2n) is 9.37. The van der Waals surface area contributed by atoms with Crippen molar-refractivity contribution in [1.29, 1.82) is 0 Å². The Bertz CT molecular complexity index is 660. The zero-order valence-electron chi connectivity index (χ0n) is 17.4. The first kappa shape index (κ1) is 22.8. The molecule has 0 saturated carbocycles. The summed E-state index contributed by atoms with van der Waals surface area (Å²) in [6.45, 7) is 12.7. The lowest BCUT2D eigenvalue weighted by molar-refractivity contribution is -0.174. The molecule has 0 spiro atoms. The van der Waals surface area contributed by atoms with E-state index >= 15 is 0 Å². The minimum atomic E-state index is -1.42. The number of β-lactam (4-membered cyclic amide) rings is 1. The fraction of sp³-hybridized carbons (Fsp3) is 0.889. The van der Waals surface area contributed by atoms with Crippen LogP contribution in [0.1, 0.15) is 34.1 Å². The van der Waals surface area contributed by atoms with Crippen LogP contribution in [0.15, 0.2) is 0 Å². The van der Waals surface area contributed by atoms with Crippen molar-refractivity contribution in [3.05, 3.63) is 0 Å². The first-order chi connectivity index (χ1) is 12.8. The highest BCUT2D eigenvalue weighted by Gasteiger charge is 2.68. The number of amides is 1. The van der Waals surface area contributed by atoms with Gasteiger partial charge in [-0.1, -0.05) is 31.9 Å². The van der Waals surface area contributed by atoms with Crippen LogP contribution in [-0.2, 0) is 25.2 Å². The summed E-state index contributed by atoms with van der Waals surface area (Å²) in [5, 5.41) is 9.95. The topological polar surface area (TPSA) is 89.9 Å². The Morgan fingerprint density at radius 3 is 2.54 bits per heavy atom. The van der Waals surface area contributed by atoms with Crippen LogP contribution >= 0.6 is 23.5 Å². The maximum atomic E-state index is 13.1. The van der Waals surface area contributed by atoms with Crippen molar-refractivity contribution in [3.63, 3.8) is 0 Å². The lowest BCUT2D eigenvalue weighted by Crippen LogP contribution is -2.69. The number of carbonyl (C=O) groups excluding carboxylic acids is 1. The van der Waals surface area contributed by atoms with E-state index in [1.807, 2.05) is 6.92 Å². The molecular formula is C18H31NO5S3Si. The van der Waals surface area contributed by atoms with Gasteiger partial charge in [0.1, 0.15) is 11.5 Å². The van der Waals surface area contributed by atoms with E-state index in [2.05, 4.69) is 33.9 Å². The average Bonchev–Trinajstić information content (AvgIpc) is 3.08. The van der Waals surface area contributed by atoms with Crippen LogP contribution < -0.4 is 0 Å². The number of carbonyl (C=O) groups is 2. The molecule has 1 amide bonds. The third-order valence-electron chi connectivity index (χ3n) is 6.12. The zero-order valence-corrected chi connectivity index (χ0v) is 21.0. The largest absolute Gasteiger partial charge is 0.616 e. The van der Waals surface area contributed by atoms with Gasteiger partial charge >= 0.3 is 5.97 Å². The Morgan fingerprint density at radius 2 is 2.07 bits per heavy atom. The second-order valence-corrected chi connectivity index (χ2v) is 16.6. The van der Waals surface area contributed by atoms with Gasteiger partial charge in [0.2, 0.25) is 5.91 Å². The molecular weight excluding hydrogens is 434 g/mol. The molecule has 6 nitrogen and oxygen atoms in total. The molecule has 3 rings (SSSR count). The van der Waals surface area contributed by atoms with Gasteiger partial charge in [-0.25, -0.2) is 4.79 Å². The van der Waals surface area contributed by atoms with Gasteiger partial charge in [-0.3, -0.25) is 4.79 Å². The molecule has 160 valence electrons. The number of nitrogens with zero attached hydrogens (tertiary/aromatic N) is 1. The fourth-order valence-corrected chi connectivity index (χ4v) is 11.4. The van der Waals surface area contributed by atoms with Gasteiger partial charge in [0, 0.05) is 6.42 Å². The molecule has 3 aliphatic rings. The minimum absolute atomic E-state index is 0.00305. The SMILES string of the molecule is C[SiH](C)O[C@](C)([C@H]1C(=O)N2CC(SC3CC[S+]([O-])C3)(C(=O)O)S[C@H]12)C(C)(C)C. The molecule has 3 fully saturated rings. The minimum Gasteiger partial charge on any atom is -0.616 e. The first-order valence-electron chi connectivity index (χ1n) is 9.73. The molecule has 10 heteroatoms. The Hall–Kier alpha value is 0.127. The molecule has 28 heavy (non-hydrogen) atoms. The maximum Gasteiger partial charge on any atom is 0.332 e. The molecule has 0 aromatic rings. The predicted octanol–water partition coefficient (Wildman–Crippen LogP) is 2.36. The van der Waals surface area contributed by atoms with Gasteiger partial charge in [0.15, 0.2) is 13.1 Å². The predicted molar refractivity (Wildman–Crippen MR) is 119 cm³/mol. The maximum absolute atomic E-state index is 13.1. The van der Waals surface area contributed by atoms with Gasteiger partial charge in [-0.2, -0.15) is 0 Å². The van der Waals surface area contributed by atoms with E-state index in [4.69, 9.17) is 4.43 Å². The monoisotopic (exact) mass is 465 g/mol. The third-order valence-corrected chi connectivity index (χ3v) is 12.2. The van der Waals surface area contributed by atoms with E-state index in [-0.39, 0.29) is 34.4 Å². The van der Waals surface area contributed by atoms with Crippen LogP contribution in [0.2, 0.25) is 13.1 Å². The number of hydrogen-bond acceptors (Lipinski definition) is 6. The highest BCUT2D eigenvalue weighted by atomic mass is 32.2. The lowest BCUT2D eigenvalue weighted by Gasteiger charge is -2.56. The molecule has 0 radical (unpaired) electrons. The number of carboxylic acids is 1. The Kier molecular flexibility index (Phi) is 6.25. The van der Waals surface area contributed by atoms with Crippen LogP contribution in [0.3, 0.4) is 0 Å². The van der Waals surface area contributed by atoms with Crippen molar-refractivity contribution in [3.8, 4) is 0 Å². The van der Waals surface area contributed by atoms with Gasteiger partial charge in [0.05, 0.1) is 28.7 Å². The summed E-state index contributed by atoms with van der Waals surface area (Å²) in [5.41, 5.74) is -0.881. The summed E-state index contributed by atoms with van der Waals surface area (Å²) in [7, 11) is -1.42. The molecule has 1 N–H and O–H groups in total. The Balaban J connectivity index is 1.85. The smallest absolute Gasteiger partial charge is 0.332 e. The first-order valence-corrected chi connectivity index (χ1v) is 15.8. The van der Waals surface area contributed by atoms with Gasteiger partial charge in [-0.15, -0.1) is 23.5 Å². The summed E-state index contributed by atoms with van der Waals surface area (Å²) in [5.74, 6) is -0.0425. The van der Waals surface area contributed by atoms with Crippen molar-refractivity contribution < 1.29 is 23.7 Å².